The maximum absolute atomic E-state index is 11.9. The number of ether oxygens (including phenoxy) is 1. The summed E-state index contributed by atoms with van der Waals surface area (Å²) in [7, 11) is 0. The van der Waals surface area contributed by atoms with E-state index >= 15 is 0 Å². The first-order valence-electron chi connectivity index (χ1n) is 6.97. The summed E-state index contributed by atoms with van der Waals surface area (Å²) >= 11 is 0. The van der Waals surface area contributed by atoms with Gasteiger partial charge in [-0.25, -0.2) is 15.0 Å². The molecule has 0 spiro atoms. The fourth-order valence-corrected chi connectivity index (χ4v) is 2.43. The molecule has 7 nitrogen and oxygen atoms in total. The number of pyridine rings is 1. The number of cyclic esters (lactones) is 1. The maximum Gasteiger partial charge on any atom is 0.339 e. The second-order valence-electron chi connectivity index (χ2n) is 4.96. The Hall–Kier alpha value is -3.22. The molecule has 0 unspecified atom stereocenters. The van der Waals surface area contributed by atoms with Gasteiger partial charge in [-0.05, 0) is 12.1 Å². The van der Waals surface area contributed by atoms with Gasteiger partial charge in [-0.3, -0.25) is 4.98 Å². The monoisotopic (exact) mass is 310 g/mol. The number of nitrogens with one attached hydrogen (secondary N) is 1. The Labute approximate surface area is 132 Å². The van der Waals surface area contributed by atoms with Crippen LogP contribution in [0.1, 0.15) is 34.0 Å². The van der Waals surface area contributed by atoms with Gasteiger partial charge in [0.1, 0.15) is 6.10 Å². The first-order valence-corrected chi connectivity index (χ1v) is 6.97. The first kappa shape index (κ1) is 14.7. The molecule has 1 aliphatic rings. The lowest BCUT2D eigenvalue weighted by Gasteiger charge is -2.13. The van der Waals surface area contributed by atoms with Crippen molar-refractivity contribution in [1.82, 2.24) is 10.4 Å². The lowest BCUT2D eigenvalue weighted by Crippen LogP contribution is -2.26. The number of hydrazone groups is 1. The van der Waals surface area contributed by atoms with Crippen molar-refractivity contribution in [2.24, 2.45) is 10.8 Å². The predicted molar refractivity (Wildman–Crippen MR) is 82.7 cm³/mol. The summed E-state index contributed by atoms with van der Waals surface area (Å²) in [4.78, 5) is 26.9. The minimum Gasteiger partial charge on any atom is -0.453 e. The normalized spacial score (nSPS) is 16.6. The Morgan fingerprint density at radius 1 is 1.30 bits per heavy atom. The number of amides is 2. The van der Waals surface area contributed by atoms with E-state index in [0.717, 1.165) is 5.56 Å². The summed E-state index contributed by atoms with van der Waals surface area (Å²) in [6, 6.07) is 9.98. The number of fused-ring (bicyclic) bond motifs is 1. The third-order valence-corrected chi connectivity index (χ3v) is 3.45. The van der Waals surface area contributed by atoms with Crippen molar-refractivity contribution in [3.63, 3.8) is 0 Å². The first-order chi connectivity index (χ1) is 11.1. The summed E-state index contributed by atoms with van der Waals surface area (Å²) in [6.45, 7) is 0. The van der Waals surface area contributed by atoms with Crippen LogP contribution < -0.4 is 11.2 Å². The van der Waals surface area contributed by atoms with Crippen molar-refractivity contribution in [3.05, 3.63) is 65.5 Å². The van der Waals surface area contributed by atoms with Crippen molar-refractivity contribution in [2.45, 2.75) is 12.5 Å². The molecule has 0 radical (unpaired) electrons. The van der Waals surface area contributed by atoms with Crippen LogP contribution in [0.2, 0.25) is 0 Å². The molecule has 3 rings (SSSR count). The zero-order valence-corrected chi connectivity index (χ0v) is 12.1. The van der Waals surface area contributed by atoms with Crippen molar-refractivity contribution in [3.8, 4) is 0 Å². The van der Waals surface area contributed by atoms with E-state index in [-0.39, 0.29) is 5.97 Å². The summed E-state index contributed by atoms with van der Waals surface area (Å²) in [5.41, 5.74) is 9.86. The molecule has 1 aromatic heterocycles. The van der Waals surface area contributed by atoms with Gasteiger partial charge in [0.05, 0.1) is 11.3 Å². The van der Waals surface area contributed by atoms with Gasteiger partial charge in [-0.1, -0.05) is 24.3 Å². The number of rotatable bonds is 4. The number of nitrogens with two attached hydrogens (primary N) is 1. The molecule has 116 valence electrons. The number of aromatic nitrogens is 1. The van der Waals surface area contributed by atoms with Crippen LogP contribution in [0.5, 0.6) is 0 Å². The molecule has 0 saturated heterocycles. The van der Waals surface area contributed by atoms with Crippen molar-refractivity contribution in [1.29, 1.82) is 0 Å². The van der Waals surface area contributed by atoms with Crippen LogP contribution in [0.4, 0.5) is 4.79 Å². The van der Waals surface area contributed by atoms with Gasteiger partial charge < -0.3 is 10.5 Å². The van der Waals surface area contributed by atoms with Gasteiger partial charge >= 0.3 is 12.0 Å². The number of carbonyl (C=O) groups is 2. The number of benzene rings is 1. The summed E-state index contributed by atoms with van der Waals surface area (Å²) in [6.07, 6.45) is 3.08. The molecule has 23 heavy (non-hydrogen) atoms. The van der Waals surface area contributed by atoms with Gasteiger partial charge in [0.15, 0.2) is 0 Å². The Balaban J connectivity index is 1.90. The predicted octanol–water partition coefficient (Wildman–Crippen LogP) is 1.76. The fraction of sp³-hybridized carbons (Fsp3) is 0.125. The van der Waals surface area contributed by atoms with Gasteiger partial charge in [-0.2, -0.15) is 5.10 Å². The number of hydrogen-bond donors (Lipinski definition) is 2. The second-order valence-corrected chi connectivity index (χ2v) is 4.96. The van der Waals surface area contributed by atoms with E-state index in [2.05, 4.69) is 15.5 Å². The van der Waals surface area contributed by atoms with Crippen LogP contribution in [0.25, 0.3) is 0 Å². The van der Waals surface area contributed by atoms with E-state index in [0.29, 0.717) is 23.3 Å². The van der Waals surface area contributed by atoms with Crippen LogP contribution in [-0.4, -0.2) is 22.7 Å². The largest absolute Gasteiger partial charge is 0.453 e. The van der Waals surface area contributed by atoms with Gasteiger partial charge in [0.2, 0.25) is 0 Å². The van der Waals surface area contributed by atoms with E-state index < -0.39 is 12.1 Å². The number of primary amides is 1. The van der Waals surface area contributed by atoms with Crippen LogP contribution >= 0.6 is 0 Å². The quantitative estimate of drug-likeness (QED) is 0.509. The van der Waals surface area contributed by atoms with Crippen LogP contribution in [0, 0.1) is 0 Å². The van der Waals surface area contributed by atoms with Crippen LogP contribution in [0.15, 0.2) is 53.9 Å². The highest BCUT2D eigenvalue weighted by Crippen LogP contribution is 2.33. The zero-order chi connectivity index (χ0) is 16.2. The Kier molecular flexibility index (Phi) is 4.01. The van der Waals surface area contributed by atoms with Crippen LogP contribution in [0.3, 0.4) is 0 Å². The molecule has 1 aliphatic heterocycles. The molecular weight excluding hydrogens is 296 g/mol. The van der Waals surface area contributed by atoms with E-state index in [4.69, 9.17) is 10.5 Å². The molecule has 2 aromatic rings. The molecule has 3 N–H and O–H groups in total. The average Bonchev–Trinajstić information content (AvgIpc) is 2.88. The number of urea groups is 1. The van der Waals surface area contributed by atoms with E-state index in [1.54, 1.807) is 36.7 Å². The molecule has 1 atom stereocenters. The molecule has 2 heterocycles. The van der Waals surface area contributed by atoms with Crippen molar-refractivity contribution in [2.75, 3.05) is 0 Å². The molecule has 7 heteroatoms. The lowest BCUT2D eigenvalue weighted by molar-refractivity contribution is 0.0400. The molecule has 0 saturated carbocycles. The fourth-order valence-electron chi connectivity index (χ4n) is 2.43. The molecule has 0 aliphatic carbocycles. The summed E-state index contributed by atoms with van der Waals surface area (Å²) in [5.74, 6) is -0.362. The van der Waals surface area contributed by atoms with Crippen molar-refractivity contribution >= 4 is 17.7 Å². The number of hydrogen-bond acceptors (Lipinski definition) is 5. The van der Waals surface area contributed by atoms with Gasteiger partial charge in [-0.15, -0.1) is 0 Å². The molecule has 0 fully saturated rings. The SMILES string of the molecule is NC(=O)N/N=C(\C[C@@H]1OC(=O)c2ccccc21)c1cccnc1. The summed E-state index contributed by atoms with van der Waals surface area (Å²) in [5, 5.41) is 4.02. The van der Waals surface area contributed by atoms with E-state index in [1.165, 1.54) is 0 Å². The minimum absolute atomic E-state index is 0.300. The number of nitrogens with zero attached hydrogens (tertiary/aromatic N) is 2. The van der Waals surface area contributed by atoms with E-state index in [1.807, 2.05) is 12.1 Å². The molecule has 2 amide bonds. The highest BCUT2D eigenvalue weighted by atomic mass is 16.5. The standard InChI is InChI=1S/C16H14N4O3/c17-16(22)20-19-13(10-4-3-7-18-9-10)8-14-11-5-1-2-6-12(11)15(21)23-14/h1-7,9,14H,8H2,(H3,17,20,22)/b19-13+/t14-/m0/s1. The molecular formula is C16H14N4O3. The van der Waals surface area contributed by atoms with Crippen molar-refractivity contribution < 1.29 is 14.3 Å². The molecule has 1 aromatic carbocycles. The highest BCUT2D eigenvalue weighted by Gasteiger charge is 2.31. The Morgan fingerprint density at radius 2 is 2.13 bits per heavy atom. The zero-order valence-electron chi connectivity index (χ0n) is 12.1. The Morgan fingerprint density at radius 3 is 2.87 bits per heavy atom. The third-order valence-electron chi connectivity index (χ3n) is 3.45. The summed E-state index contributed by atoms with van der Waals surface area (Å²) < 4.78 is 5.41. The number of esters is 1. The molecule has 0 bridgehead atoms. The van der Waals surface area contributed by atoms with Gasteiger partial charge in [0.25, 0.3) is 0 Å². The van der Waals surface area contributed by atoms with E-state index in [9.17, 15) is 9.59 Å². The second kappa shape index (κ2) is 6.27. The average molecular weight is 310 g/mol. The maximum atomic E-state index is 11.9. The Bertz CT molecular complexity index is 774. The van der Waals surface area contributed by atoms with Gasteiger partial charge in [0, 0.05) is 29.9 Å². The minimum atomic E-state index is -0.768. The lowest BCUT2D eigenvalue weighted by atomic mass is 9.99. The van der Waals surface area contributed by atoms with Crippen LogP contribution in [-0.2, 0) is 4.74 Å². The third kappa shape index (κ3) is 3.18. The topological polar surface area (TPSA) is 107 Å². The highest BCUT2D eigenvalue weighted by molar-refractivity contribution is 6.02. The smallest absolute Gasteiger partial charge is 0.339 e. The number of carbonyl (C=O) groups excluding carboxylic acids is 2.